The van der Waals surface area contributed by atoms with Crippen LogP contribution in [0.25, 0.3) is 16.6 Å². The summed E-state index contributed by atoms with van der Waals surface area (Å²) in [6.45, 7) is 0. The van der Waals surface area contributed by atoms with Gasteiger partial charge in [-0.1, -0.05) is 17.7 Å². The zero-order valence-corrected chi connectivity index (χ0v) is 10.9. The van der Waals surface area contributed by atoms with Gasteiger partial charge in [0, 0.05) is 0 Å². The van der Waals surface area contributed by atoms with Gasteiger partial charge in [0.25, 0.3) is 5.56 Å². The molecule has 0 saturated carbocycles. The highest BCUT2D eigenvalue weighted by atomic mass is 35.5. The van der Waals surface area contributed by atoms with Gasteiger partial charge in [0.2, 0.25) is 0 Å². The molecule has 0 aliphatic rings. The molecular formula is C14H9ClN2O3. The Morgan fingerprint density at radius 1 is 1.05 bits per heavy atom. The molecule has 0 spiro atoms. The number of aromatic hydroxyl groups is 1. The van der Waals surface area contributed by atoms with Crippen molar-refractivity contribution in [2.24, 2.45) is 0 Å². The number of aromatic amines is 1. The highest BCUT2D eigenvalue weighted by Gasteiger charge is 2.11. The van der Waals surface area contributed by atoms with Gasteiger partial charge in [0.15, 0.2) is 0 Å². The van der Waals surface area contributed by atoms with Crippen LogP contribution in [0.4, 0.5) is 0 Å². The molecule has 3 rings (SSSR count). The minimum Gasteiger partial charge on any atom is -0.508 e. The van der Waals surface area contributed by atoms with Gasteiger partial charge in [-0.2, -0.15) is 0 Å². The standard InChI is InChI=1S/C14H9ClN2O3/c15-10-2-1-3-11-12(10)13(19)17(14(20)16-11)8-4-6-9(18)7-5-8/h1-7,18H,(H,16,20). The topological polar surface area (TPSA) is 75.1 Å². The maximum atomic E-state index is 12.5. The molecule has 0 unspecified atom stereocenters. The number of hydrogen-bond donors (Lipinski definition) is 2. The summed E-state index contributed by atoms with van der Waals surface area (Å²) in [5, 5.41) is 9.79. The van der Waals surface area contributed by atoms with E-state index in [9.17, 15) is 14.7 Å². The molecule has 0 aliphatic carbocycles. The van der Waals surface area contributed by atoms with E-state index in [1.807, 2.05) is 0 Å². The van der Waals surface area contributed by atoms with Gasteiger partial charge in [0.1, 0.15) is 5.75 Å². The highest BCUT2D eigenvalue weighted by Crippen LogP contribution is 2.18. The van der Waals surface area contributed by atoms with E-state index in [1.54, 1.807) is 18.2 Å². The average Bonchev–Trinajstić information content (AvgIpc) is 2.40. The van der Waals surface area contributed by atoms with Crippen LogP contribution in [0.15, 0.2) is 52.1 Å². The summed E-state index contributed by atoms with van der Waals surface area (Å²) in [6, 6.07) is 10.6. The minimum absolute atomic E-state index is 0.0528. The molecule has 0 amide bonds. The van der Waals surface area contributed by atoms with E-state index in [-0.39, 0.29) is 16.2 Å². The molecule has 0 radical (unpaired) electrons. The quantitative estimate of drug-likeness (QED) is 0.719. The zero-order chi connectivity index (χ0) is 14.3. The summed E-state index contributed by atoms with van der Waals surface area (Å²) >= 11 is 6.02. The van der Waals surface area contributed by atoms with Crippen molar-refractivity contribution in [2.45, 2.75) is 0 Å². The van der Waals surface area contributed by atoms with Crippen LogP contribution < -0.4 is 11.2 Å². The van der Waals surface area contributed by atoms with Crippen molar-refractivity contribution < 1.29 is 5.11 Å². The number of nitrogens with one attached hydrogen (secondary N) is 1. The molecule has 2 N–H and O–H groups in total. The molecule has 100 valence electrons. The first kappa shape index (κ1) is 12.5. The fourth-order valence-corrected chi connectivity index (χ4v) is 2.31. The molecule has 0 atom stereocenters. The Bertz CT molecular complexity index is 910. The molecule has 6 heteroatoms. The summed E-state index contributed by atoms with van der Waals surface area (Å²) in [5.74, 6) is 0.0528. The predicted molar refractivity (Wildman–Crippen MR) is 76.8 cm³/mol. The largest absolute Gasteiger partial charge is 0.508 e. The third-order valence-electron chi connectivity index (χ3n) is 2.98. The number of aromatic nitrogens is 2. The number of benzene rings is 2. The summed E-state index contributed by atoms with van der Waals surface area (Å²) < 4.78 is 0.980. The first-order valence-corrected chi connectivity index (χ1v) is 6.19. The molecule has 1 heterocycles. The van der Waals surface area contributed by atoms with Crippen molar-refractivity contribution >= 4 is 22.5 Å². The molecule has 0 aliphatic heterocycles. The molecule has 1 aromatic heterocycles. The van der Waals surface area contributed by atoms with Gasteiger partial charge in [-0.05, 0) is 36.4 Å². The van der Waals surface area contributed by atoms with Gasteiger partial charge in [-0.15, -0.1) is 0 Å². The van der Waals surface area contributed by atoms with Crippen molar-refractivity contribution in [1.82, 2.24) is 9.55 Å². The zero-order valence-electron chi connectivity index (χ0n) is 10.1. The van der Waals surface area contributed by atoms with Crippen LogP contribution in [-0.2, 0) is 0 Å². The lowest BCUT2D eigenvalue weighted by atomic mass is 10.2. The van der Waals surface area contributed by atoms with E-state index in [0.717, 1.165) is 4.57 Å². The summed E-state index contributed by atoms with van der Waals surface area (Å²) in [7, 11) is 0. The number of nitrogens with zero attached hydrogens (tertiary/aromatic N) is 1. The van der Waals surface area contributed by atoms with Crippen LogP contribution in [0.3, 0.4) is 0 Å². The van der Waals surface area contributed by atoms with E-state index in [4.69, 9.17) is 11.6 Å². The molecule has 0 fully saturated rings. The van der Waals surface area contributed by atoms with Crippen molar-refractivity contribution in [1.29, 1.82) is 0 Å². The SMILES string of the molecule is O=c1[nH]c2cccc(Cl)c2c(=O)n1-c1ccc(O)cc1. The van der Waals surface area contributed by atoms with Gasteiger partial charge < -0.3 is 10.1 Å². The second kappa shape index (κ2) is 4.54. The smallest absolute Gasteiger partial charge is 0.333 e. The van der Waals surface area contributed by atoms with Crippen LogP contribution in [-0.4, -0.2) is 14.7 Å². The second-order valence-corrected chi connectivity index (χ2v) is 4.66. The van der Waals surface area contributed by atoms with Crippen molar-refractivity contribution in [2.75, 3.05) is 0 Å². The maximum Gasteiger partial charge on any atom is 0.333 e. The Hall–Kier alpha value is -2.53. The Labute approximate surface area is 117 Å². The highest BCUT2D eigenvalue weighted by molar-refractivity contribution is 6.35. The third-order valence-corrected chi connectivity index (χ3v) is 3.30. The normalized spacial score (nSPS) is 10.8. The molecule has 20 heavy (non-hydrogen) atoms. The maximum absolute atomic E-state index is 12.5. The lowest BCUT2D eigenvalue weighted by Gasteiger charge is -2.07. The first-order chi connectivity index (χ1) is 9.58. The molecule has 5 nitrogen and oxygen atoms in total. The van der Waals surface area contributed by atoms with Gasteiger partial charge >= 0.3 is 5.69 Å². The fraction of sp³-hybridized carbons (Fsp3) is 0. The monoisotopic (exact) mass is 288 g/mol. The van der Waals surface area contributed by atoms with Crippen LogP contribution in [0.1, 0.15) is 0 Å². The number of halogens is 1. The minimum atomic E-state index is -0.560. The van der Waals surface area contributed by atoms with E-state index >= 15 is 0 Å². The van der Waals surface area contributed by atoms with Crippen LogP contribution in [0.5, 0.6) is 5.75 Å². The molecular weight excluding hydrogens is 280 g/mol. The summed E-state index contributed by atoms with van der Waals surface area (Å²) in [5.41, 5.74) is -0.311. The molecule has 2 aromatic carbocycles. The number of H-pyrrole nitrogens is 1. The fourth-order valence-electron chi connectivity index (χ4n) is 2.06. The molecule has 0 saturated heterocycles. The Balaban J connectivity index is 2.43. The summed E-state index contributed by atoms with van der Waals surface area (Å²) in [6.07, 6.45) is 0. The van der Waals surface area contributed by atoms with E-state index in [0.29, 0.717) is 11.2 Å². The van der Waals surface area contributed by atoms with Crippen molar-refractivity contribution in [3.63, 3.8) is 0 Å². The van der Waals surface area contributed by atoms with Crippen molar-refractivity contribution in [3.8, 4) is 11.4 Å². The van der Waals surface area contributed by atoms with E-state index in [1.165, 1.54) is 24.3 Å². The lowest BCUT2D eigenvalue weighted by Crippen LogP contribution is -2.33. The van der Waals surface area contributed by atoms with Crippen LogP contribution in [0, 0.1) is 0 Å². The van der Waals surface area contributed by atoms with Gasteiger partial charge in [-0.3, -0.25) is 4.79 Å². The van der Waals surface area contributed by atoms with E-state index in [2.05, 4.69) is 4.98 Å². The second-order valence-electron chi connectivity index (χ2n) is 4.25. The van der Waals surface area contributed by atoms with Crippen molar-refractivity contribution in [3.05, 3.63) is 68.3 Å². The lowest BCUT2D eigenvalue weighted by molar-refractivity contribution is 0.475. The summed E-state index contributed by atoms with van der Waals surface area (Å²) in [4.78, 5) is 27.1. The number of phenols is 1. The first-order valence-electron chi connectivity index (χ1n) is 5.81. The third kappa shape index (κ3) is 1.88. The predicted octanol–water partition coefficient (Wildman–Crippen LogP) is 2.04. The van der Waals surface area contributed by atoms with Gasteiger partial charge in [0.05, 0.1) is 21.6 Å². The Morgan fingerprint density at radius 2 is 1.75 bits per heavy atom. The molecule has 3 aromatic rings. The van der Waals surface area contributed by atoms with Crippen LogP contribution >= 0.6 is 11.6 Å². The molecule has 0 bridgehead atoms. The number of fused-ring (bicyclic) bond motifs is 1. The van der Waals surface area contributed by atoms with Crippen LogP contribution in [0.2, 0.25) is 5.02 Å². The Kier molecular flexibility index (Phi) is 2.84. The van der Waals surface area contributed by atoms with E-state index < -0.39 is 11.2 Å². The Morgan fingerprint density at radius 3 is 2.45 bits per heavy atom. The number of phenolic OH excluding ortho intramolecular Hbond substituents is 1. The average molecular weight is 289 g/mol. The van der Waals surface area contributed by atoms with Gasteiger partial charge in [-0.25, -0.2) is 9.36 Å². The number of rotatable bonds is 1. The number of hydrogen-bond acceptors (Lipinski definition) is 3.